The largest absolute Gasteiger partial charge is 0.330 e. The van der Waals surface area contributed by atoms with Crippen LogP contribution in [0.3, 0.4) is 0 Å². The number of benzene rings is 1. The molecule has 2 nitrogen and oxygen atoms in total. The lowest BCUT2D eigenvalue weighted by atomic mass is 9.69. The van der Waals surface area contributed by atoms with Gasteiger partial charge in [-0.15, -0.1) is 9.24 Å². The van der Waals surface area contributed by atoms with E-state index in [1.165, 1.54) is 10.9 Å². The first-order valence-electron chi connectivity index (χ1n) is 7.73. The standard InChI is InChI=1S/C17H31N2P/c1-5-17(13-18,11-12-19(4)6-2)14(3)15-7-9-16(20)10-8-15/h7-10,14H,5-6,11-13,18,20H2,1-4H3. The van der Waals surface area contributed by atoms with E-state index >= 15 is 0 Å². The van der Waals surface area contributed by atoms with Crippen molar-refractivity contribution in [2.24, 2.45) is 11.1 Å². The van der Waals surface area contributed by atoms with Gasteiger partial charge >= 0.3 is 0 Å². The monoisotopic (exact) mass is 294 g/mol. The van der Waals surface area contributed by atoms with E-state index in [-0.39, 0.29) is 5.41 Å². The quantitative estimate of drug-likeness (QED) is 0.747. The second-order valence-corrected chi connectivity index (χ2v) is 6.62. The molecule has 114 valence electrons. The van der Waals surface area contributed by atoms with E-state index in [4.69, 9.17) is 5.73 Å². The van der Waals surface area contributed by atoms with Gasteiger partial charge < -0.3 is 10.6 Å². The molecule has 0 radical (unpaired) electrons. The third-order valence-electron chi connectivity index (χ3n) is 5.00. The summed E-state index contributed by atoms with van der Waals surface area (Å²) in [4.78, 5) is 2.37. The highest BCUT2D eigenvalue weighted by atomic mass is 31.0. The first-order chi connectivity index (χ1) is 9.49. The molecular formula is C17H31N2P. The fourth-order valence-electron chi connectivity index (χ4n) is 2.83. The average Bonchev–Trinajstić information content (AvgIpc) is 2.48. The van der Waals surface area contributed by atoms with E-state index in [1.54, 1.807) is 0 Å². The highest BCUT2D eigenvalue weighted by Crippen LogP contribution is 2.41. The molecule has 2 N–H and O–H groups in total. The maximum absolute atomic E-state index is 6.19. The van der Waals surface area contributed by atoms with Crippen molar-refractivity contribution in [1.82, 2.24) is 4.90 Å². The molecule has 0 spiro atoms. The van der Waals surface area contributed by atoms with Gasteiger partial charge in [0, 0.05) is 0 Å². The van der Waals surface area contributed by atoms with Crippen LogP contribution >= 0.6 is 9.24 Å². The molecule has 0 aliphatic rings. The van der Waals surface area contributed by atoms with Crippen molar-refractivity contribution < 1.29 is 0 Å². The molecule has 1 aromatic carbocycles. The summed E-state index contributed by atoms with van der Waals surface area (Å²) in [5.41, 5.74) is 7.80. The zero-order chi connectivity index (χ0) is 15.2. The Hall–Kier alpha value is -0.430. The van der Waals surface area contributed by atoms with Gasteiger partial charge in [0.2, 0.25) is 0 Å². The second-order valence-electron chi connectivity index (χ2n) is 5.95. The summed E-state index contributed by atoms with van der Waals surface area (Å²) >= 11 is 0. The van der Waals surface area contributed by atoms with E-state index in [1.807, 2.05) is 0 Å². The van der Waals surface area contributed by atoms with E-state index in [9.17, 15) is 0 Å². The predicted molar refractivity (Wildman–Crippen MR) is 93.8 cm³/mol. The summed E-state index contributed by atoms with van der Waals surface area (Å²) in [6.45, 7) is 9.79. The Kier molecular flexibility index (Phi) is 7.15. The van der Waals surface area contributed by atoms with Crippen LogP contribution in [0.4, 0.5) is 0 Å². The molecule has 0 aromatic heterocycles. The van der Waals surface area contributed by atoms with E-state index in [0.717, 1.165) is 32.5 Å². The molecular weight excluding hydrogens is 263 g/mol. The molecule has 3 unspecified atom stereocenters. The Morgan fingerprint density at radius 3 is 2.30 bits per heavy atom. The first-order valence-corrected chi connectivity index (χ1v) is 8.30. The summed E-state index contributed by atoms with van der Waals surface area (Å²) < 4.78 is 0. The highest BCUT2D eigenvalue weighted by molar-refractivity contribution is 7.27. The van der Waals surface area contributed by atoms with Crippen LogP contribution in [0.2, 0.25) is 0 Å². The normalized spacial score (nSPS) is 16.1. The highest BCUT2D eigenvalue weighted by Gasteiger charge is 2.33. The Morgan fingerprint density at radius 1 is 1.25 bits per heavy atom. The van der Waals surface area contributed by atoms with Gasteiger partial charge in [0.1, 0.15) is 0 Å². The molecule has 0 saturated heterocycles. The van der Waals surface area contributed by atoms with Crippen molar-refractivity contribution in [3.05, 3.63) is 29.8 Å². The Bertz CT molecular complexity index is 384. The van der Waals surface area contributed by atoms with Gasteiger partial charge in [-0.1, -0.05) is 45.0 Å². The van der Waals surface area contributed by atoms with Crippen LogP contribution in [0.1, 0.15) is 45.1 Å². The van der Waals surface area contributed by atoms with Crippen LogP contribution < -0.4 is 11.0 Å². The van der Waals surface area contributed by atoms with Gasteiger partial charge in [-0.05, 0) is 61.7 Å². The molecule has 0 heterocycles. The summed E-state index contributed by atoms with van der Waals surface area (Å²) in [6.07, 6.45) is 2.29. The first kappa shape index (κ1) is 17.6. The number of nitrogens with zero attached hydrogens (tertiary/aromatic N) is 1. The lowest BCUT2D eigenvalue weighted by molar-refractivity contribution is 0.179. The van der Waals surface area contributed by atoms with E-state index < -0.39 is 0 Å². The van der Waals surface area contributed by atoms with Crippen LogP contribution in [0, 0.1) is 5.41 Å². The Morgan fingerprint density at radius 2 is 1.85 bits per heavy atom. The fourth-order valence-corrected chi connectivity index (χ4v) is 3.02. The Balaban J connectivity index is 2.90. The van der Waals surface area contributed by atoms with Gasteiger partial charge in [0.05, 0.1) is 0 Å². The predicted octanol–water partition coefficient (Wildman–Crippen LogP) is 2.99. The van der Waals surface area contributed by atoms with Crippen molar-refractivity contribution in [3.8, 4) is 0 Å². The van der Waals surface area contributed by atoms with Gasteiger partial charge in [-0.25, -0.2) is 0 Å². The van der Waals surface area contributed by atoms with E-state index in [2.05, 4.69) is 66.2 Å². The lowest BCUT2D eigenvalue weighted by Crippen LogP contribution is -2.38. The van der Waals surface area contributed by atoms with Crippen LogP contribution in [0.5, 0.6) is 0 Å². The molecule has 0 amide bonds. The second kappa shape index (κ2) is 8.12. The van der Waals surface area contributed by atoms with Crippen molar-refractivity contribution in [2.45, 2.75) is 39.5 Å². The molecule has 3 atom stereocenters. The van der Waals surface area contributed by atoms with Gasteiger partial charge in [0.15, 0.2) is 0 Å². The minimum Gasteiger partial charge on any atom is -0.330 e. The summed E-state index contributed by atoms with van der Waals surface area (Å²) in [6, 6.07) is 8.84. The lowest BCUT2D eigenvalue weighted by Gasteiger charge is -2.39. The van der Waals surface area contributed by atoms with Crippen LogP contribution in [-0.4, -0.2) is 31.6 Å². The van der Waals surface area contributed by atoms with Crippen molar-refractivity contribution in [2.75, 3.05) is 26.7 Å². The summed E-state index contributed by atoms with van der Waals surface area (Å²) in [7, 11) is 4.93. The van der Waals surface area contributed by atoms with E-state index in [0.29, 0.717) is 5.92 Å². The van der Waals surface area contributed by atoms with Crippen molar-refractivity contribution >= 4 is 14.5 Å². The summed E-state index contributed by atoms with van der Waals surface area (Å²) in [5.74, 6) is 0.494. The molecule has 1 rings (SSSR count). The molecule has 1 aromatic rings. The van der Waals surface area contributed by atoms with Gasteiger partial charge in [-0.2, -0.15) is 0 Å². The third kappa shape index (κ3) is 4.28. The van der Waals surface area contributed by atoms with Gasteiger partial charge in [-0.3, -0.25) is 0 Å². The molecule has 3 heteroatoms. The zero-order valence-electron chi connectivity index (χ0n) is 13.5. The molecule has 0 saturated carbocycles. The maximum atomic E-state index is 6.19. The minimum atomic E-state index is 0.200. The van der Waals surface area contributed by atoms with Crippen LogP contribution in [-0.2, 0) is 0 Å². The number of hydrogen-bond acceptors (Lipinski definition) is 2. The molecule has 0 fully saturated rings. The Labute approximate surface area is 127 Å². The topological polar surface area (TPSA) is 29.3 Å². The minimum absolute atomic E-state index is 0.200. The third-order valence-corrected chi connectivity index (χ3v) is 5.38. The molecule has 0 bridgehead atoms. The zero-order valence-corrected chi connectivity index (χ0v) is 14.7. The van der Waals surface area contributed by atoms with Crippen LogP contribution in [0.25, 0.3) is 0 Å². The number of nitrogens with two attached hydrogens (primary N) is 1. The van der Waals surface area contributed by atoms with Gasteiger partial charge in [0.25, 0.3) is 0 Å². The smallest absolute Gasteiger partial charge is 0.00144 e. The number of rotatable bonds is 8. The molecule has 0 aliphatic heterocycles. The van der Waals surface area contributed by atoms with Crippen molar-refractivity contribution in [3.63, 3.8) is 0 Å². The van der Waals surface area contributed by atoms with Crippen LogP contribution in [0.15, 0.2) is 24.3 Å². The SMILES string of the molecule is CCN(C)CCC(CC)(CN)C(C)c1ccc(P)cc1. The summed E-state index contributed by atoms with van der Waals surface area (Å²) in [5, 5.41) is 1.24. The number of hydrogen-bond donors (Lipinski definition) is 1. The maximum Gasteiger partial charge on any atom is -0.00144 e. The molecule has 20 heavy (non-hydrogen) atoms. The molecule has 0 aliphatic carbocycles. The van der Waals surface area contributed by atoms with Crippen molar-refractivity contribution in [1.29, 1.82) is 0 Å². The fraction of sp³-hybridized carbons (Fsp3) is 0.647. The average molecular weight is 294 g/mol.